The number of H-pyrrole nitrogens is 1. The number of aromatic nitrogens is 1. The Balaban J connectivity index is 2.26. The lowest BCUT2D eigenvalue weighted by Crippen LogP contribution is -2.03. The minimum Gasteiger partial charge on any atom is -0.466 e. The van der Waals surface area contributed by atoms with Gasteiger partial charge in [0.2, 0.25) is 5.90 Å². The second-order valence-electron chi connectivity index (χ2n) is 2.95. The highest BCUT2D eigenvalue weighted by Crippen LogP contribution is 2.31. The van der Waals surface area contributed by atoms with Gasteiger partial charge < -0.3 is 15.6 Å². The predicted octanol–water partition coefficient (Wildman–Crippen LogP) is 0.506. The Hall–Kier alpha value is -2.00. The molecule has 5 nitrogen and oxygen atoms in total. The van der Waals surface area contributed by atoms with E-state index in [0.717, 1.165) is 5.69 Å². The van der Waals surface area contributed by atoms with Crippen LogP contribution in [0.25, 0.3) is 0 Å². The summed E-state index contributed by atoms with van der Waals surface area (Å²) in [5.41, 5.74) is 1.28. The number of nitrogens with zero attached hydrogens (tertiary/aromatic N) is 1. The molecule has 1 fully saturated rings. The Morgan fingerprint density at radius 1 is 1.71 bits per heavy atom. The summed E-state index contributed by atoms with van der Waals surface area (Å²) < 4.78 is 5.35. The van der Waals surface area contributed by atoms with Crippen LogP contribution >= 0.6 is 0 Å². The molecule has 1 atom stereocenters. The summed E-state index contributed by atoms with van der Waals surface area (Å²) in [6, 6.07) is 3.74. The number of hydrazone groups is 1. The summed E-state index contributed by atoms with van der Waals surface area (Å²) in [6.07, 6.45) is 2.05. The molecule has 1 aliphatic rings. The van der Waals surface area contributed by atoms with Crippen LogP contribution in [0.3, 0.4) is 0 Å². The summed E-state index contributed by atoms with van der Waals surface area (Å²) in [5.74, 6) is 7.02. The molecular weight excluding hydrogens is 182 g/mol. The smallest absolute Gasteiger partial charge is 0.245 e. The van der Waals surface area contributed by atoms with Crippen LogP contribution in [0.2, 0.25) is 0 Å². The average molecular weight is 191 g/mol. The van der Waals surface area contributed by atoms with Crippen LogP contribution in [-0.2, 0) is 9.53 Å². The van der Waals surface area contributed by atoms with E-state index in [2.05, 4.69) is 10.1 Å². The van der Waals surface area contributed by atoms with E-state index in [1.807, 2.05) is 12.1 Å². The van der Waals surface area contributed by atoms with Crippen LogP contribution in [0.15, 0.2) is 29.0 Å². The summed E-state index contributed by atoms with van der Waals surface area (Å²) in [7, 11) is 0. The summed E-state index contributed by atoms with van der Waals surface area (Å²) >= 11 is 0. The third-order valence-corrected chi connectivity index (χ3v) is 2.11. The average Bonchev–Trinajstić information content (AvgIpc) is 2.85. The fraction of sp³-hybridized carbons (Fsp3) is 0.222. The zero-order chi connectivity index (χ0) is 9.97. The predicted molar refractivity (Wildman–Crippen MR) is 50.1 cm³/mol. The van der Waals surface area contributed by atoms with Gasteiger partial charge in [0, 0.05) is 12.6 Å². The molecule has 1 aromatic heterocycles. The van der Waals surface area contributed by atoms with Crippen LogP contribution < -0.4 is 5.84 Å². The van der Waals surface area contributed by atoms with E-state index < -0.39 is 0 Å². The van der Waals surface area contributed by atoms with E-state index in [0.29, 0.717) is 12.0 Å². The minimum atomic E-state index is -0.205. The molecule has 1 saturated heterocycles. The Morgan fingerprint density at radius 3 is 3.07 bits per heavy atom. The van der Waals surface area contributed by atoms with Crippen molar-refractivity contribution in [3.8, 4) is 0 Å². The first-order chi connectivity index (χ1) is 6.85. The Bertz CT molecular complexity index is 402. The van der Waals surface area contributed by atoms with Crippen molar-refractivity contribution in [2.45, 2.75) is 12.5 Å². The SMILES string of the molecule is NN=C1OC(c2ccc[nH]2)CC1=C=O. The minimum absolute atomic E-state index is 0.180. The van der Waals surface area contributed by atoms with Gasteiger partial charge in [0.25, 0.3) is 0 Å². The highest BCUT2D eigenvalue weighted by molar-refractivity contribution is 6.02. The van der Waals surface area contributed by atoms with Gasteiger partial charge in [-0.1, -0.05) is 0 Å². The molecule has 5 heteroatoms. The maximum atomic E-state index is 10.5. The lowest BCUT2D eigenvalue weighted by molar-refractivity contribution is 0.219. The van der Waals surface area contributed by atoms with Gasteiger partial charge in [0.05, 0.1) is 5.69 Å². The number of hydrogen-bond acceptors (Lipinski definition) is 4. The summed E-state index contributed by atoms with van der Waals surface area (Å²) in [6.45, 7) is 0. The number of carbonyl (C=O) groups excluding carboxylic acids is 1. The molecule has 72 valence electrons. The quantitative estimate of drug-likeness (QED) is 0.385. The molecule has 14 heavy (non-hydrogen) atoms. The topological polar surface area (TPSA) is 80.5 Å². The molecule has 0 amide bonds. The van der Waals surface area contributed by atoms with Crippen molar-refractivity contribution in [1.82, 2.24) is 4.98 Å². The molecule has 1 aliphatic heterocycles. The number of aromatic amines is 1. The van der Waals surface area contributed by atoms with Gasteiger partial charge in [-0.05, 0) is 12.1 Å². The van der Waals surface area contributed by atoms with E-state index in [4.69, 9.17) is 10.6 Å². The number of nitrogens with one attached hydrogen (secondary N) is 1. The molecular formula is C9H9N3O2. The Labute approximate surface area is 80.3 Å². The third-order valence-electron chi connectivity index (χ3n) is 2.11. The molecule has 2 rings (SSSR count). The van der Waals surface area contributed by atoms with Crippen molar-refractivity contribution in [2.24, 2.45) is 10.9 Å². The molecule has 2 heterocycles. The molecule has 1 unspecified atom stereocenters. The molecule has 0 bridgehead atoms. The van der Waals surface area contributed by atoms with Gasteiger partial charge in [0.1, 0.15) is 17.6 Å². The monoisotopic (exact) mass is 191 g/mol. The first-order valence-corrected chi connectivity index (χ1v) is 4.17. The number of ether oxygens (including phenoxy) is 1. The van der Waals surface area contributed by atoms with Crippen LogP contribution in [0.5, 0.6) is 0 Å². The molecule has 0 aliphatic carbocycles. The third kappa shape index (κ3) is 1.30. The van der Waals surface area contributed by atoms with E-state index in [1.54, 1.807) is 12.1 Å². The van der Waals surface area contributed by atoms with Crippen molar-refractivity contribution >= 4 is 11.8 Å². The van der Waals surface area contributed by atoms with Crippen LogP contribution in [-0.4, -0.2) is 16.8 Å². The highest BCUT2D eigenvalue weighted by Gasteiger charge is 2.30. The molecule has 3 N–H and O–H groups in total. The first-order valence-electron chi connectivity index (χ1n) is 4.17. The number of nitrogens with two attached hydrogens (primary N) is 1. The fourth-order valence-electron chi connectivity index (χ4n) is 1.43. The van der Waals surface area contributed by atoms with Gasteiger partial charge in [0.15, 0.2) is 0 Å². The van der Waals surface area contributed by atoms with Gasteiger partial charge in [-0.2, -0.15) is 0 Å². The van der Waals surface area contributed by atoms with Gasteiger partial charge in [-0.25, -0.2) is 4.79 Å². The maximum absolute atomic E-state index is 10.5. The van der Waals surface area contributed by atoms with E-state index in [-0.39, 0.29) is 12.0 Å². The van der Waals surface area contributed by atoms with E-state index in [1.165, 1.54) is 0 Å². The lowest BCUT2D eigenvalue weighted by Gasteiger charge is -2.05. The van der Waals surface area contributed by atoms with Crippen molar-refractivity contribution in [2.75, 3.05) is 0 Å². The number of rotatable bonds is 1. The van der Waals surface area contributed by atoms with Crippen molar-refractivity contribution in [3.63, 3.8) is 0 Å². The fourth-order valence-corrected chi connectivity index (χ4v) is 1.43. The van der Waals surface area contributed by atoms with Gasteiger partial charge in [-0.3, -0.25) is 0 Å². The van der Waals surface area contributed by atoms with Gasteiger partial charge >= 0.3 is 0 Å². The molecule has 0 aromatic carbocycles. The van der Waals surface area contributed by atoms with E-state index in [9.17, 15) is 4.79 Å². The second kappa shape index (κ2) is 3.40. The Kier molecular flexibility index (Phi) is 2.08. The van der Waals surface area contributed by atoms with Crippen LogP contribution in [0.4, 0.5) is 0 Å². The van der Waals surface area contributed by atoms with E-state index >= 15 is 0 Å². The van der Waals surface area contributed by atoms with Crippen LogP contribution in [0.1, 0.15) is 18.2 Å². The van der Waals surface area contributed by atoms with Crippen molar-refractivity contribution in [3.05, 3.63) is 29.6 Å². The number of hydrogen-bond donors (Lipinski definition) is 2. The normalized spacial score (nSPS) is 23.6. The highest BCUT2D eigenvalue weighted by atomic mass is 16.5. The largest absolute Gasteiger partial charge is 0.466 e. The molecule has 1 aromatic rings. The van der Waals surface area contributed by atoms with Gasteiger partial charge in [-0.15, -0.1) is 5.10 Å². The van der Waals surface area contributed by atoms with Crippen LogP contribution in [0, 0.1) is 0 Å². The Morgan fingerprint density at radius 2 is 2.57 bits per heavy atom. The zero-order valence-electron chi connectivity index (χ0n) is 7.36. The summed E-state index contributed by atoms with van der Waals surface area (Å²) in [4.78, 5) is 13.5. The molecule has 0 radical (unpaired) electrons. The summed E-state index contributed by atoms with van der Waals surface area (Å²) in [5, 5.41) is 3.38. The van der Waals surface area contributed by atoms with Crippen molar-refractivity contribution < 1.29 is 9.53 Å². The molecule has 0 saturated carbocycles. The first kappa shape index (κ1) is 8.59. The standard InChI is InChI=1S/C9H9N3O2/c10-12-9-6(5-13)4-8(14-9)7-2-1-3-11-7/h1-3,8,11H,4,10H2. The molecule has 0 spiro atoms. The lowest BCUT2D eigenvalue weighted by atomic mass is 10.1. The second-order valence-corrected chi connectivity index (χ2v) is 2.95. The van der Waals surface area contributed by atoms with Crippen molar-refractivity contribution in [1.29, 1.82) is 0 Å². The maximum Gasteiger partial charge on any atom is 0.245 e. The zero-order valence-corrected chi connectivity index (χ0v) is 7.36.